The number of carboxylic acids is 1. The molecule has 1 saturated heterocycles. The average molecular weight is 278 g/mol. The lowest BCUT2D eigenvalue weighted by Gasteiger charge is -2.34. The summed E-state index contributed by atoms with van der Waals surface area (Å²) in [5.41, 5.74) is 0.132. The third-order valence-electron chi connectivity index (χ3n) is 4.03. The molecule has 2 heterocycles. The second-order valence-corrected chi connectivity index (χ2v) is 5.28. The van der Waals surface area contributed by atoms with Crippen LogP contribution >= 0.6 is 0 Å². The van der Waals surface area contributed by atoms with Crippen LogP contribution in [0.3, 0.4) is 0 Å². The maximum absolute atomic E-state index is 11.8. The van der Waals surface area contributed by atoms with Gasteiger partial charge in [0, 0.05) is 12.6 Å². The Morgan fingerprint density at radius 3 is 3.00 bits per heavy atom. The van der Waals surface area contributed by atoms with E-state index in [0.29, 0.717) is 18.8 Å². The van der Waals surface area contributed by atoms with Crippen LogP contribution in [-0.4, -0.2) is 40.2 Å². The van der Waals surface area contributed by atoms with Crippen molar-refractivity contribution in [3.8, 4) is 5.88 Å². The molecule has 0 bridgehead atoms. The molecule has 1 aromatic heterocycles. The standard InChI is InChI=1S/C15H22N2O3/c1-3-8-15(14(18)19)9-5-10-17(15)11-12-6-4-7-13(16-12)20-2/h4,6-7H,3,5,8-11H2,1-2H3,(H,18,19). The van der Waals surface area contributed by atoms with Gasteiger partial charge in [0.2, 0.25) is 5.88 Å². The molecule has 20 heavy (non-hydrogen) atoms. The van der Waals surface area contributed by atoms with Crippen LogP contribution in [0.2, 0.25) is 0 Å². The lowest BCUT2D eigenvalue weighted by molar-refractivity contribution is -0.150. The number of aliphatic carboxylic acids is 1. The minimum atomic E-state index is -0.723. The van der Waals surface area contributed by atoms with E-state index in [1.807, 2.05) is 19.1 Å². The molecule has 0 amide bonds. The first-order valence-electron chi connectivity index (χ1n) is 7.11. The number of methoxy groups -OCH3 is 1. The van der Waals surface area contributed by atoms with Gasteiger partial charge < -0.3 is 9.84 Å². The number of hydrogen-bond acceptors (Lipinski definition) is 4. The quantitative estimate of drug-likeness (QED) is 0.865. The van der Waals surface area contributed by atoms with Crippen molar-refractivity contribution in [1.29, 1.82) is 0 Å². The molecule has 1 aliphatic heterocycles. The van der Waals surface area contributed by atoms with E-state index in [4.69, 9.17) is 4.74 Å². The lowest BCUT2D eigenvalue weighted by Crippen LogP contribution is -2.50. The minimum absolute atomic E-state index is 0.559. The number of nitrogens with zero attached hydrogens (tertiary/aromatic N) is 2. The Labute approximate surface area is 119 Å². The fraction of sp³-hybridized carbons (Fsp3) is 0.600. The maximum Gasteiger partial charge on any atom is 0.324 e. The van der Waals surface area contributed by atoms with Crippen LogP contribution in [0.15, 0.2) is 18.2 Å². The fourth-order valence-corrected chi connectivity index (χ4v) is 3.07. The van der Waals surface area contributed by atoms with Crippen LogP contribution in [0.25, 0.3) is 0 Å². The second-order valence-electron chi connectivity index (χ2n) is 5.28. The molecule has 0 aliphatic carbocycles. The SMILES string of the molecule is CCCC1(C(=O)O)CCCN1Cc1cccc(OC)n1. The number of carboxylic acid groups (broad SMARTS) is 1. The highest BCUT2D eigenvalue weighted by atomic mass is 16.5. The lowest BCUT2D eigenvalue weighted by atomic mass is 9.90. The molecule has 5 nitrogen and oxygen atoms in total. The number of carbonyl (C=O) groups is 1. The molecule has 0 aromatic carbocycles. The average Bonchev–Trinajstić information content (AvgIpc) is 2.84. The monoisotopic (exact) mass is 278 g/mol. The molecule has 1 fully saturated rings. The predicted molar refractivity (Wildman–Crippen MR) is 75.7 cm³/mol. The van der Waals surface area contributed by atoms with Gasteiger partial charge in [0.1, 0.15) is 5.54 Å². The number of rotatable bonds is 6. The zero-order chi connectivity index (χ0) is 14.6. The topological polar surface area (TPSA) is 62.7 Å². The van der Waals surface area contributed by atoms with Gasteiger partial charge in [-0.2, -0.15) is 0 Å². The van der Waals surface area contributed by atoms with Crippen molar-refractivity contribution in [3.63, 3.8) is 0 Å². The van der Waals surface area contributed by atoms with E-state index in [2.05, 4.69) is 9.88 Å². The Morgan fingerprint density at radius 2 is 2.35 bits per heavy atom. The minimum Gasteiger partial charge on any atom is -0.481 e. The Hall–Kier alpha value is -1.62. The molecular weight excluding hydrogens is 256 g/mol. The molecule has 110 valence electrons. The number of hydrogen-bond donors (Lipinski definition) is 1. The van der Waals surface area contributed by atoms with Gasteiger partial charge in [-0.1, -0.05) is 19.4 Å². The van der Waals surface area contributed by atoms with E-state index >= 15 is 0 Å². The van der Waals surface area contributed by atoms with Crippen LogP contribution in [-0.2, 0) is 11.3 Å². The number of likely N-dealkylation sites (tertiary alicyclic amines) is 1. The predicted octanol–water partition coefficient (Wildman–Crippen LogP) is 2.31. The summed E-state index contributed by atoms with van der Waals surface area (Å²) in [6, 6.07) is 5.60. The van der Waals surface area contributed by atoms with Crippen molar-refractivity contribution in [2.75, 3.05) is 13.7 Å². The van der Waals surface area contributed by atoms with E-state index in [1.54, 1.807) is 13.2 Å². The number of aromatic nitrogens is 1. The normalized spacial score (nSPS) is 22.9. The maximum atomic E-state index is 11.8. The van der Waals surface area contributed by atoms with Gasteiger partial charge in [-0.15, -0.1) is 0 Å². The summed E-state index contributed by atoms with van der Waals surface area (Å²) in [6.07, 6.45) is 3.21. The first kappa shape index (κ1) is 14.8. The molecule has 1 aromatic rings. The smallest absolute Gasteiger partial charge is 0.324 e. The summed E-state index contributed by atoms with van der Waals surface area (Å²) in [7, 11) is 1.58. The van der Waals surface area contributed by atoms with Gasteiger partial charge in [0.15, 0.2) is 0 Å². The molecule has 5 heteroatoms. The number of pyridine rings is 1. The molecule has 0 saturated carbocycles. The number of ether oxygens (including phenoxy) is 1. The summed E-state index contributed by atoms with van der Waals surface area (Å²) < 4.78 is 5.12. The van der Waals surface area contributed by atoms with Crippen molar-refractivity contribution in [2.45, 2.75) is 44.7 Å². The van der Waals surface area contributed by atoms with Crippen molar-refractivity contribution < 1.29 is 14.6 Å². The van der Waals surface area contributed by atoms with Crippen LogP contribution in [0.5, 0.6) is 5.88 Å². The highest BCUT2D eigenvalue weighted by Crippen LogP contribution is 2.35. The first-order valence-corrected chi connectivity index (χ1v) is 7.11. The van der Waals surface area contributed by atoms with Gasteiger partial charge in [-0.3, -0.25) is 9.69 Å². The van der Waals surface area contributed by atoms with E-state index in [9.17, 15) is 9.90 Å². The third-order valence-corrected chi connectivity index (χ3v) is 4.03. The summed E-state index contributed by atoms with van der Waals surface area (Å²) in [4.78, 5) is 18.2. The van der Waals surface area contributed by atoms with Gasteiger partial charge in [0.05, 0.1) is 12.8 Å². The van der Waals surface area contributed by atoms with Crippen molar-refractivity contribution in [3.05, 3.63) is 23.9 Å². The van der Waals surface area contributed by atoms with Crippen molar-refractivity contribution in [1.82, 2.24) is 9.88 Å². The van der Waals surface area contributed by atoms with Gasteiger partial charge in [-0.25, -0.2) is 4.98 Å². The third kappa shape index (κ3) is 2.77. The summed E-state index contributed by atoms with van der Waals surface area (Å²) >= 11 is 0. The molecule has 2 rings (SSSR count). The van der Waals surface area contributed by atoms with Gasteiger partial charge in [-0.05, 0) is 31.9 Å². The molecule has 0 radical (unpaired) electrons. The Morgan fingerprint density at radius 1 is 1.55 bits per heavy atom. The van der Waals surface area contributed by atoms with E-state index in [0.717, 1.165) is 31.5 Å². The highest BCUT2D eigenvalue weighted by molar-refractivity contribution is 5.79. The van der Waals surface area contributed by atoms with Crippen molar-refractivity contribution in [2.24, 2.45) is 0 Å². The molecule has 1 atom stereocenters. The Bertz CT molecular complexity index is 478. The molecule has 1 N–H and O–H groups in total. The zero-order valence-electron chi connectivity index (χ0n) is 12.1. The zero-order valence-corrected chi connectivity index (χ0v) is 12.1. The van der Waals surface area contributed by atoms with Crippen LogP contribution in [0.1, 0.15) is 38.3 Å². The second kappa shape index (κ2) is 6.22. The summed E-state index contributed by atoms with van der Waals surface area (Å²) in [5.74, 6) is -0.141. The van der Waals surface area contributed by atoms with Gasteiger partial charge in [0.25, 0.3) is 0 Å². The van der Waals surface area contributed by atoms with Gasteiger partial charge >= 0.3 is 5.97 Å². The first-order chi connectivity index (χ1) is 9.62. The molecule has 1 unspecified atom stereocenters. The van der Waals surface area contributed by atoms with Crippen LogP contribution in [0.4, 0.5) is 0 Å². The van der Waals surface area contributed by atoms with E-state index in [1.165, 1.54) is 0 Å². The molecule has 0 spiro atoms. The summed E-state index contributed by atoms with van der Waals surface area (Å²) in [6.45, 7) is 3.40. The summed E-state index contributed by atoms with van der Waals surface area (Å²) in [5, 5.41) is 9.66. The Kier molecular flexibility index (Phi) is 4.60. The largest absolute Gasteiger partial charge is 0.481 e. The Balaban J connectivity index is 2.19. The molecule has 1 aliphatic rings. The molecular formula is C15H22N2O3. The van der Waals surface area contributed by atoms with Crippen LogP contribution < -0.4 is 4.74 Å². The van der Waals surface area contributed by atoms with Crippen LogP contribution in [0, 0.1) is 0 Å². The van der Waals surface area contributed by atoms with Crippen molar-refractivity contribution >= 4 is 5.97 Å². The van der Waals surface area contributed by atoms with E-state index < -0.39 is 11.5 Å². The van der Waals surface area contributed by atoms with E-state index in [-0.39, 0.29) is 0 Å². The fourth-order valence-electron chi connectivity index (χ4n) is 3.07. The highest BCUT2D eigenvalue weighted by Gasteiger charge is 2.46.